The molecule has 2 rings (SSSR count). The molecule has 0 bridgehead atoms. The van der Waals surface area contributed by atoms with Gasteiger partial charge in [0.25, 0.3) is 11.8 Å². The van der Waals surface area contributed by atoms with Crippen LogP contribution in [-0.4, -0.2) is 51.0 Å². The first kappa shape index (κ1) is 17.7. The number of alkyl halides is 3. The van der Waals surface area contributed by atoms with Gasteiger partial charge in [0.1, 0.15) is 28.1 Å². The molecule has 1 unspecified atom stereocenters. The van der Waals surface area contributed by atoms with Crippen molar-refractivity contribution >= 4 is 33.8 Å². The van der Waals surface area contributed by atoms with Crippen molar-refractivity contribution in [3.63, 3.8) is 0 Å². The highest BCUT2D eigenvalue weighted by atomic mass is 27.0. The van der Waals surface area contributed by atoms with E-state index in [-0.39, 0.29) is 17.8 Å². The Labute approximate surface area is 138 Å². The van der Waals surface area contributed by atoms with E-state index in [0.29, 0.717) is 0 Å². The number of carbonyl (C=O) groups excluding carboxylic acids is 2. The minimum absolute atomic E-state index is 0.0716. The molecule has 0 saturated carbocycles. The van der Waals surface area contributed by atoms with Crippen LogP contribution < -0.4 is 11.1 Å². The maximum Gasteiger partial charge on any atom is 0.417 e. The van der Waals surface area contributed by atoms with E-state index < -0.39 is 34.5 Å². The van der Waals surface area contributed by atoms with Crippen LogP contribution in [-0.2, 0) is 9.53 Å². The average Bonchev–Trinajstić information content (AvgIpc) is 2.75. The van der Waals surface area contributed by atoms with Crippen molar-refractivity contribution in [1.82, 2.24) is 4.98 Å². The van der Waals surface area contributed by atoms with Crippen molar-refractivity contribution in [3.8, 4) is 0 Å². The molecule has 1 aliphatic heterocycles. The van der Waals surface area contributed by atoms with Gasteiger partial charge in [0.05, 0.1) is 0 Å². The van der Waals surface area contributed by atoms with Crippen LogP contribution in [0, 0.1) is 0 Å². The second-order valence-corrected chi connectivity index (χ2v) is 6.27. The third-order valence-corrected chi connectivity index (χ3v) is 4.12. The zero-order chi connectivity index (χ0) is 17.4. The maximum atomic E-state index is 13.0. The van der Waals surface area contributed by atoms with Gasteiger partial charge in [0, 0.05) is 11.9 Å². The van der Waals surface area contributed by atoms with Crippen molar-refractivity contribution in [1.29, 1.82) is 0 Å². The van der Waals surface area contributed by atoms with Crippen LogP contribution in [0.25, 0.3) is 0 Å². The molecule has 3 atom stereocenters. The summed E-state index contributed by atoms with van der Waals surface area (Å²) in [6, 6.07) is 2.62. The number of aromatic nitrogens is 1. The van der Waals surface area contributed by atoms with Gasteiger partial charge in [-0.25, -0.2) is 0 Å². The molecule has 2 radical (unpaired) electrons. The Morgan fingerprint density at radius 1 is 1.52 bits per heavy atom. The van der Waals surface area contributed by atoms with E-state index in [1.165, 1.54) is 18.3 Å². The number of nitrogens with zero attached hydrogens (tertiary/aromatic N) is 1. The summed E-state index contributed by atoms with van der Waals surface area (Å²) in [7, 11) is 0. The second kappa shape index (κ2) is 6.11. The Kier molecular flexibility index (Phi) is 4.71. The molecule has 23 heavy (non-hydrogen) atoms. The van der Waals surface area contributed by atoms with Gasteiger partial charge >= 0.3 is 6.18 Å². The van der Waals surface area contributed by atoms with Gasteiger partial charge in [-0.2, -0.15) is 13.2 Å². The predicted molar refractivity (Wildman–Crippen MR) is 74.8 cm³/mol. The second-order valence-electron chi connectivity index (χ2n) is 5.42. The molecule has 6 nitrogen and oxygen atoms in total. The summed E-state index contributed by atoms with van der Waals surface area (Å²) in [5, 5.41) is 2.41. The Bertz CT molecular complexity index is 640. The molecule has 1 aromatic rings. The molecule has 2 amide bonds. The number of ether oxygens (including phenoxy) is 1. The fourth-order valence-corrected chi connectivity index (χ4v) is 2.96. The number of rotatable bonds is 3. The highest BCUT2D eigenvalue weighted by Crippen LogP contribution is 2.47. The number of nitrogens with two attached hydrogens (primary N) is 1. The standard InChI is InChI=1S/C13H13F3N3O3.Al/c1-12(13(14,15)16)4-2-9(22-12)11(21)19-7-3-5-18-8(6-7)10(17)20;/h2-3,5-6,9H,4H2,1H3,(H2,17,20)(H,18,19,21);/t9-,12-;/m0./s1. The summed E-state index contributed by atoms with van der Waals surface area (Å²) >= 11 is 2.20. The quantitative estimate of drug-likeness (QED) is 0.806. The van der Waals surface area contributed by atoms with Gasteiger partial charge in [-0.1, -0.05) is 4.78 Å². The third-order valence-electron chi connectivity index (χ3n) is 3.54. The molecule has 0 aromatic carbocycles. The SMILES string of the molecule is C[C@@]1(C(F)(F)F)C[CH]([Al])[C@@H](C(=O)Nc2ccnc(C(N)=O)c2)O1. The van der Waals surface area contributed by atoms with E-state index in [1.807, 2.05) is 0 Å². The minimum atomic E-state index is -4.58. The summed E-state index contributed by atoms with van der Waals surface area (Å²) < 4.78 is 43.3. The lowest BCUT2D eigenvalue weighted by Crippen LogP contribution is -2.43. The Morgan fingerprint density at radius 3 is 2.70 bits per heavy atom. The number of anilines is 1. The molecule has 0 spiro atoms. The predicted octanol–water partition coefficient (Wildman–Crippen LogP) is 1.19. The summed E-state index contributed by atoms with van der Waals surface area (Å²) in [4.78, 5) is 26.9. The number of carbonyl (C=O) groups is 2. The number of hydrogen-bond donors (Lipinski definition) is 2. The van der Waals surface area contributed by atoms with E-state index in [4.69, 9.17) is 10.5 Å². The lowest BCUT2D eigenvalue weighted by Gasteiger charge is -2.27. The van der Waals surface area contributed by atoms with Crippen molar-refractivity contribution in [3.05, 3.63) is 24.0 Å². The molecule has 1 fully saturated rings. The number of halogens is 3. The molecule has 0 aliphatic carbocycles. The highest BCUT2D eigenvalue weighted by molar-refractivity contribution is 6.15. The van der Waals surface area contributed by atoms with Crippen LogP contribution in [0.4, 0.5) is 18.9 Å². The molecule has 10 heteroatoms. The van der Waals surface area contributed by atoms with Gasteiger partial charge < -0.3 is 15.8 Å². The third kappa shape index (κ3) is 3.66. The molecular formula is C13H13AlF3N3O3. The van der Waals surface area contributed by atoms with Crippen LogP contribution in [0.1, 0.15) is 23.8 Å². The highest BCUT2D eigenvalue weighted by Gasteiger charge is 2.59. The van der Waals surface area contributed by atoms with Gasteiger partial charge in [-0.05, 0) is 25.5 Å². The lowest BCUT2D eigenvalue weighted by atomic mass is 10.0. The normalized spacial score (nSPS) is 27.7. The fourth-order valence-electron chi connectivity index (χ4n) is 2.26. The van der Waals surface area contributed by atoms with E-state index in [0.717, 1.165) is 6.92 Å². The van der Waals surface area contributed by atoms with Crippen molar-refractivity contribution in [2.75, 3.05) is 5.32 Å². The molecule has 2 heterocycles. The number of nitrogens with one attached hydrogen (secondary N) is 1. The van der Waals surface area contributed by atoms with Crippen molar-refractivity contribution in [2.45, 2.75) is 36.0 Å². The van der Waals surface area contributed by atoms with E-state index in [9.17, 15) is 22.8 Å². The fraction of sp³-hybridized carbons (Fsp3) is 0.462. The summed E-state index contributed by atoms with van der Waals surface area (Å²) in [5.41, 5.74) is 2.82. The molecular weight excluding hydrogens is 330 g/mol. The molecule has 1 aromatic heterocycles. The van der Waals surface area contributed by atoms with Crippen LogP contribution in [0.3, 0.4) is 0 Å². The van der Waals surface area contributed by atoms with Gasteiger partial charge in [0.15, 0.2) is 5.60 Å². The largest absolute Gasteiger partial charge is 0.417 e. The number of hydrogen-bond acceptors (Lipinski definition) is 4. The minimum Gasteiger partial charge on any atom is -0.364 e. The lowest BCUT2D eigenvalue weighted by molar-refractivity contribution is -0.261. The summed E-state index contributed by atoms with van der Waals surface area (Å²) in [6.07, 6.45) is -4.95. The van der Waals surface area contributed by atoms with E-state index in [2.05, 4.69) is 26.6 Å². The van der Waals surface area contributed by atoms with Gasteiger partial charge in [-0.15, -0.1) is 0 Å². The Balaban J connectivity index is 2.13. The van der Waals surface area contributed by atoms with E-state index >= 15 is 0 Å². The first-order valence-corrected chi connectivity index (χ1v) is 7.27. The van der Waals surface area contributed by atoms with Crippen molar-refractivity contribution < 1.29 is 27.5 Å². The topological polar surface area (TPSA) is 94.3 Å². The first-order valence-electron chi connectivity index (χ1n) is 6.60. The van der Waals surface area contributed by atoms with Gasteiger partial charge in [0.2, 0.25) is 0 Å². The monoisotopic (exact) mass is 343 g/mol. The summed E-state index contributed by atoms with van der Waals surface area (Å²) in [5.74, 6) is -1.52. The number of amides is 2. The zero-order valence-electron chi connectivity index (χ0n) is 12.1. The van der Waals surface area contributed by atoms with Crippen molar-refractivity contribution in [2.24, 2.45) is 5.73 Å². The Morgan fingerprint density at radius 2 is 2.17 bits per heavy atom. The zero-order valence-corrected chi connectivity index (χ0v) is 13.2. The smallest absolute Gasteiger partial charge is 0.364 e. The van der Waals surface area contributed by atoms with Crippen LogP contribution in [0.15, 0.2) is 18.3 Å². The molecule has 1 saturated heterocycles. The summed E-state index contributed by atoms with van der Waals surface area (Å²) in [6.45, 7) is 0.912. The number of primary amides is 1. The first-order chi connectivity index (χ1) is 10.5. The van der Waals surface area contributed by atoms with Gasteiger partial charge in [-0.3, -0.25) is 14.6 Å². The van der Waals surface area contributed by atoms with Crippen LogP contribution >= 0.6 is 0 Å². The molecule has 122 valence electrons. The van der Waals surface area contributed by atoms with Crippen LogP contribution in [0.5, 0.6) is 0 Å². The Hall–Kier alpha value is -1.63. The maximum absolute atomic E-state index is 13.0. The average molecular weight is 343 g/mol. The molecule has 3 N–H and O–H groups in total. The number of pyridine rings is 1. The van der Waals surface area contributed by atoms with E-state index in [1.54, 1.807) is 0 Å². The van der Waals surface area contributed by atoms with Crippen LogP contribution in [0.2, 0.25) is 4.78 Å². The molecule has 1 aliphatic rings.